The Bertz CT molecular complexity index is 343. The Balaban J connectivity index is 2.65. The minimum Gasteiger partial charge on any atom is -0.481 e. The second kappa shape index (κ2) is 6.12. The highest BCUT2D eigenvalue weighted by Crippen LogP contribution is 2.28. The number of rotatable bonds is 6. The van der Waals surface area contributed by atoms with Crippen molar-refractivity contribution < 1.29 is 27.9 Å². The number of carboxylic acid groups (broad SMARTS) is 1. The third kappa shape index (κ3) is 5.35. The summed E-state index contributed by atoms with van der Waals surface area (Å²) < 4.78 is 37.0. The van der Waals surface area contributed by atoms with Crippen molar-refractivity contribution in [2.45, 2.75) is 38.4 Å². The molecule has 19 heavy (non-hydrogen) atoms. The highest BCUT2D eigenvalue weighted by Gasteiger charge is 2.38. The maximum atomic E-state index is 12.3. The number of amides is 2. The summed E-state index contributed by atoms with van der Waals surface area (Å²) in [6, 6.07) is -0.849. The molecule has 0 spiro atoms. The Labute approximate surface area is 109 Å². The van der Waals surface area contributed by atoms with Gasteiger partial charge in [0, 0.05) is 19.1 Å². The number of halogens is 3. The molecular formula is C11H17F3N2O3. The van der Waals surface area contributed by atoms with Gasteiger partial charge in [0.15, 0.2) is 0 Å². The summed E-state index contributed by atoms with van der Waals surface area (Å²) in [7, 11) is 0. The molecule has 0 saturated heterocycles. The summed E-state index contributed by atoms with van der Waals surface area (Å²) in [4.78, 5) is 24.4. The largest absolute Gasteiger partial charge is 0.481 e. The standard InChI is InChI=1S/C11H17F3N2O3/c1-2-15(7-11(12,13)14)10(19)16(8-3-4-8)6-5-9(17)18/h8H,2-7H2,1H3,(H,17,18). The Morgan fingerprint density at radius 3 is 2.26 bits per heavy atom. The highest BCUT2D eigenvalue weighted by molar-refractivity contribution is 5.76. The van der Waals surface area contributed by atoms with Crippen molar-refractivity contribution in [1.82, 2.24) is 9.80 Å². The number of aliphatic carboxylic acids is 1. The zero-order chi connectivity index (χ0) is 14.6. The van der Waals surface area contributed by atoms with Gasteiger partial charge in [-0.15, -0.1) is 0 Å². The highest BCUT2D eigenvalue weighted by atomic mass is 19.4. The number of urea groups is 1. The minimum absolute atomic E-state index is 0.0484. The van der Waals surface area contributed by atoms with Crippen molar-refractivity contribution >= 4 is 12.0 Å². The van der Waals surface area contributed by atoms with E-state index in [4.69, 9.17) is 5.11 Å². The first-order valence-electron chi connectivity index (χ1n) is 6.08. The van der Waals surface area contributed by atoms with Crippen molar-refractivity contribution in [2.75, 3.05) is 19.6 Å². The first-order valence-corrected chi connectivity index (χ1v) is 6.08. The van der Waals surface area contributed by atoms with Gasteiger partial charge in [0.25, 0.3) is 0 Å². The van der Waals surface area contributed by atoms with Crippen molar-refractivity contribution in [3.05, 3.63) is 0 Å². The van der Waals surface area contributed by atoms with Gasteiger partial charge >= 0.3 is 18.2 Å². The fourth-order valence-corrected chi connectivity index (χ4v) is 1.75. The summed E-state index contributed by atoms with van der Waals surface area (Å²) in [6.07, 6.45) is -3.27. The lowest BCUT2D eigenvalue weighted by Gasteiger charge is -2.30. The van der Waals surface area contributed by atoms with Gasteiger partial charge in [-0.05, 0) is 19.8 Å². The van der Waals surface area contributed by atoms with E-state index in [1.807, 2.05) is 0 Å². The van der Waals surface area contributed by atoms with Crippen LogP contribution in [0.1, 0.15) is 26.2 Å². The SMILES string of the molecule is CCN(CC(F)(F)F)C(=O)N(CCC(=O)O)C1CC1. The molecule has 1 rings (SSSR count). The Morgan fingerprint density at radius 2 is 1.89 bits per heavy atom. The second-order valence-corrected chi connectivity index (χ2v) is 4.48. The van der Waals surface area contributed by atoms with Crippen molar-refractivity contribution in [2.24, 2.45) is 0 Å². The summed E-state index contributed by atoms with van der Waals surface area (Å²) in [5, 5.41) is 8.60. The smallest absolute Gasteiger partial charge is 0.406 e. The average Bonchev–Trinajstić information content (AvgIpc) is 3.08. The monoisotopic (exact) mass is 282 g/mol. The van der Waals surface area contributed by atoms with Crippen LogP contribution >= 0.6 is 0 Å². The van der Waals surface area contributed by atoms with Crippen LogP contribution in [0.15, 0.2) is 0 Å². The van der Waals surface area contributed by atoms with Crippen LogP contribution in [0.4, 0.5) is 18.0 Å². The normalized spacial score (nSPS) is 15.2. The molecule has 0 aromatic rings. The Hall–Kier alpha value is -1.47. The topological polar surface area (TPSA) is 60.9 Å². The lowest BCUT2D eigenvalue weighted by molar-refractivity contribution is -0.141. The fraction of sp³-hybridized carbons (Fsp3) is 0.818. The van der Waals surface area contributed by atoms with Crippen LogP contribution in [-0.4, -0.2) is 58.8 Å². The molecule has 1 saturated carbocycles. The number of carbonyl (C=O) groups excluding carboxylic acids is 1. The predicted molar refractivity (Wildman–Crippen MR) is 60.7 cm³/mol. The Kier molecular flexibility index (Phi) is 5.02. The first kappa shape index (κ1) is 15.6. The molecule has 1 aliphatic rings. The zero-order valence-corrected chi connectivity index (χ0v) is 10.6. The summed E-state index contributed by atoms with van der Waals surface area (Å²) >= 11 is 0. The molecule has 0 radical (unpaired) electrons. The van der Waals surface area contributed by atoms with Gasteiger partial charge in [0.2, 0.25) is 0 Å². The number of hydrogen-bond acceptors (Lipinski definition) is 2. The van der Waals surface area contributed by atoms with Crippen molar-refractivity contribution in [3.63, 3.8) is 0 Å². The lowest BCUT2D eigenvalue weighted by Crippen LogP contribution is -2.48. The fourth-order valence-electron chi connectivity index (χ4n) is 1.75. The summed E-state index contributed by atoms with van der Waals surface area (Å²) in [5.41, 5.74) is 0. The van der Waals surface area contributed by atoms with E-state index in [1.165, 1.54) is 11.8 Å². The van der Waals surface area contributed by atoms with E-state index in [0.717, 1.165) is 12.8 Å². The lowest BCUT2D eigenvalue weighted by atomic mass is 10.3. The molecule has 5 nitrogen and oxygen atoms in total. The van der Waals surface area contributed by atoms with E-state index in [0.29, 0.717) is 4.90 Å². The van der Waals surface area contributed by atoms with Crippen LogP contribution in [-0.2, 0) is 4.79 Å². The number of carboxylic acids is 1. The minimum atomic E-state index is -4.45. The third-order valence-corrected chi connectivity index (χ3v) is 2.82. The second-order valence-electron chi connectivity index (χ2n) is 4.48. The maximum Gasteiger partial charge on any atom is 0.406 e. The molecular weight excluding hydrogens is 265 g/mol. The number of carbonyl (C=O) groups is 2. The van der Waals surface area contributed by atoms with Crippen LogP contribution in [0, 0.1) is 0 Å². The van der Waals surface area contributed by atoms with Crippen LogP contribution in [0.2, 0.25) is 0 Å². The van der Waals surface area contributed by atoms with E-state index in [1.54, 1.807) is 0 Å². The number of hydrogen-bond donors (Lipinski definition) is 1. The van der Waals surface area contributed by atoms with Gasteiger partial charge in [-0.1, -0.05) is 0 Å². The van der Waals surface area contributed by atoms with Gasteiger partial charge in [0.1, 0.15) is 6.54 Å². The summed E-state index contributed by atoms with van der Waals surface area (Å²) in [6.45, 7) is 0.0480. The molecule has 0 unspecified atom stereocenters. The molecule has 0 aromatic heterocycles. The quantitative estimate of drug-likeness (QED) is 0.809. The molecule has 0 heterocycles. The molecule has 8 heteroatoms. The van der Waals surface area contributed by atoms with Crippen LogP contribution in [0.5, 0.6) is 0 Å². The molecule has 1 fully saturated rings. The van der Waals surface area contributed by atoms with Crippen LogP contribution in [0.25, 0.3) is 0 Å². The molecule has 0 aromatic carbocycles. The zero-order valence-electron chi connectivity index (χ0n) is 10.6. The van der Waals surface area contributed by atoms with Crippen molar-refractivity contribution in [1.29, 1.82) is 0 Å². The van der Waals surface area contributed by atoms with Gasteiger partial charge in [0.05, 0.1) is 6.42 Å². The molecule has 0 bridgehead atoms. The molecule has 2 amide bonds. The van der Waals surface area contributed by atoms with Gasteiger partial charge in [-0.2, -0.15) is 13.2 Å². The first-order chi connectivity index (χ1) is 8.74. The molecule has 110 valence electrons. The van der Waals surface area contributed by atoms with E-state index >= 15 is 0 Å². The van der Waals surface area contributed by atoms with Gasteiger partial charge < -0.3 is 14.9 Å². The van der Waals surface area contributed by atoms with E-state index in [2.05, 4.69) is 0 Å². The third-order valence-electron chi connectivity index (χ3n) is 2.82. The van der Waals surface area contributed by atoms with Crippen LogP contribution < -0.4 is 0 Å². The summed E-state index contributed by atoms with van der Waals surface area (Å²) in [5.74, 6) is -1.07. The van der Waals surface area contributed by atoms with Gasteiger partial charge in [-0.25, -0.2) is 4.79 Å². The molecule has 1 N–H and O–H groups in total. The predicted octanol–water partition coefficient (Wildman–Crippen LogP) is 1.93. The van der Waals surface area contributed by atoms with Gasteiger partial charge in [-0.3, -0.25) is 4.79 Å². The van der Waals surface area contributed by atoms with E-state index in [-0.39, 0.29) is 25.6 Å². The molecule has 0 aliphatic heterocycles. The number of nitrogens with zero attached hydrogens (tertiary/aromatic N) is 2. The molecule has 1 aliphatic carbocycles. The number of alkyl halides is 3. The average molecular weight is 282 g/mol. The van der Waals surface area contributed by atoms with Crippen molar-refractivity contribution in [3.8, 4) is 0 Å². The van der Waals surface area contributed by atoms with Crippen LogP contribution in [0.3, 0.4) is 0 Å². The van der Waals surface area contributed by atoms with E-state index < -0.39 is 24.7 Å². The Morgan fingerprint density at radius 1 is 1.32 bits per heavy atom. The maximum absolute atomic E-state index is 12.3. The van der Waals surface area contributed by atoms with E-state index in [9.17, 15) is 22.8 Å². The molecule has 0 atom stereocenters.